The number of nitrogens with two attached hydrogens (primary N) is 1. The molecule has 0 fully saturated rings. The fourth-order valence-electron chi connectivity index (χ4n) is 3.87. The molecule has 9 nitrogen and oxygen atoms in total. The summed E-state index contributed by atoms with van der Waals surface area (Å²) in [6.45, 7) is 4.35. The molecule has 4 rings (SSSR count). The molecule has 0 saturated heterocycles. The molecule has 180 valence electrons. The summed E-state index contributed by atoms with van der Waals surface area (Å²) in [5, 5.41) is 0.512. The average molecular weight is 473 g/mol. The van der Waals surface area contributed by atoms with Crippen LogP contribution in [0.1, 0.15) is 48.1 Å². The number of aromatic nitrogens is 4. The molecule has 35 heavy (non-hydrogen) atoms. The SMILES string of the molecule is CCOC(=O)c1cnc(N(C)Cc2cccc3nc([C@@H](N)CC)n(-c4ccccc4)c(=O)c23)nc1. The first kappa shape index (κ1) is 24.0. The van der Waals surface area contributed by atoms with E-state index in [-0.39, 0.29) is 23.8 Å². The summed E-state index contributed by atoms with van der Waals surface area (Å²) >= 11 is 0. The molecule has 0 bridgehead atoms. The Morgan fingerprint density at radius 2 is 1.80 bits per heavy atom. The second-order valence-electron chi connectivity index (χ2n) is 8.12. The van der Waals surface area contributed by atoms with Crippen LogP contribution >= 0.6 is 0 Å². The number of nitrogens with zero attached hydrogens (tertiary/aromatic N) is 5. The van der Waals surface area contributed by atoms with Gasteiger partial charge in [-0.3, -0.25) is 9.36 Å². The molecule has 0 unspecified atom stereocenters. The van der Waals surface area contributed by atoms with E-state index in [1.165, 1.54) is 12.4 Å². The van der Waals surface area contributed by atoms with Crippen LogP contribution in [0.15, 0.2) is 65.7 Å². The molecular weight excluding hydrogens is 444 g/mol. The highest BCUT2D eigenvalue weighted by Gasteiger charge is 2.20. The topological polar surface area (TPSA) is 116 Å². The van der Waals surface area contributed by atoms with Gasteiger partial charge in [0, 0.05) is 26.0 Å². The molecular formula is C26H28N6O3. The van der Waals surface area contributed by atoms with E-state index in [2.05, 4.69) is 9.97 Å². The first-order valence-electron chi connectivity index (χ1n) is 11.5. The van der Waals surface area contributed by atoms with Crippen molar-refractivity contribution in [3.63, 3.8) is 0 Å². The van der Waals surface area contributed by atoms with Crippen LogP contribution in [0.5, 0.6) is 0 Å². The summed E-state index contributed by atoms with van der Waals surface area (Å²) in [5.74, 6) is 0.472. The second kappa shape index (κ2) is 10.4. The minimum atomic E-state index is -0.468. The van der Waals surface area contributed by atoms with E-state index in [1.807, 2.05) is 67.4 Å². The molecule has 2 aromatic carbocycles. The molecule has 0 saturated carbocycles. The quantitative estimate of drug-likeness (QED) is 0.388. The van der Waals surface area contributed by atoms with Gasteiger partial charge in [0.05, 0.1) is 34.8 Å². The van der Waals surface area contributed by atoms with Crippen LogP contribution in [0.2, 0.25) is 0 Å². The van der Waals surface area contributed by atoms with E-state index < -0.39 is 5.97 Å². The molecule has 2 aromatic heterocycles. The number of hydrogen-bond donors (Lipinski definition) is 1. The molecule has 9 heteroatoms. The maximum atomic E-state index is 13.9. The number of para-hydroxylation sites is 1. The molecule has 0 radical (unpaired) electrons. The molecule has 2 heterocycles. The summed E-state index contributed by atoms with van der Waals surface area (Å²) in [6.07, 6.45) is 3.51. The molecule has 0 spiro atoms. The Labute approximate surface area is 203 Å². The van der Waals surface area contributed by atoms with Crippen LogP contribution in [0.4, 0.5) is 5.95 Å². The smallest absolute Gasteiger partial charge is 0.341 e. The Bertz CT molecular complexity index is 1390. The Balaban J connectivity index is 1.76. The average Bonchev–Trinajstić information content (AvgIpc) is 2.88. The normalized spacial score (nSPS) is 11.9. The zero-order valence-electron chi connectivity index (χ0n) is 20.0. The largest absolute Gasteiger partial charge is 0.462 e. The van der Waals surface area contributed by atoms with Gasteiger partial charge in [0.2, 0.25) is 5.95 Å². The van der Waals surface area contributed by atoms with Crippen molar-refractivity contribution in [2.24, 2.45) is 5.73 Å². The van der Waals surface area contributed by atoms with E-state index in [0.717, 1.165) is 5.56 Å². The lowest BCUT2D eigenvalue weighted by Gasteiger charge is -2.20. The van der Waals surface area contributed by atoms with Gasteiger partial charge in [-0.25, -0.2) is 19.7 Å². The van der Waals surface area contributed by atoms with Crippen molar-refractivity contribution in [2.75, 3.05) is 18.6 Å². The van der Waals surface area contributed by atoms with Crippen LogP contribution in [0.3, 0.4) is 0 Å². The number of anilines is 1. The highest BCUT2D eigenvalue weighted by atomic mass is 16.5. The number of rotatable bonds is 8. The van der Waals surface area contributed by atoms with Gasteiger partial charge in [-0.1, -0.05) is 37.3 Å². The standard InChI is InChI=1S/C26H28N6O3/c1-4-20(27)23-30-21-13-9-10-17(22(21)24(33)32(23)19-11-7-6-8-12-19)16-31(3)26-28-14-18(15-29-26)25(34)35-5-2/h6-15,20H,4-5,16,27H2,1-3H3/t20-/m0/s1. The summed E-state index contributed by atoms with van der Waals surface area (Å²) in [5.41, 5.74) is 8.55. The molecule has 2 N–H and O–H groups in total. The minimum absolute atomic E-state index is 0.178. The third-order valence-corrected chi connectivity index (χ3v) is 5.69. The zero-order valence-corrected chi connectivity index (χ0v) is 20.0. The number of hydrogen-bond acceptors (Lipinski definition) is 8. The highest BCUT2D eigenvalue weighted by Crippen LogP contribution is 2.22. The Kier molecular flexibility index (Phi) is 7.17. The summed E-state index contributed by atoms with van der Waals surface area (Å²) in [6, 6.07) is 14.6. The predicted octanol–water partition coefficient (Wildman–Crippen LogP) is 3.40. The van der Waals surface area contributed by atoms with Gasteiger partial charge in [0.1, 0.15) is 5.82 Å². The van der Waals surface area contributed by atoms with E-state index in [9.17, 15) is 9.59 Å². The molecule has 1 atom stereocenters. The Morgan fingerprint density at radius 3 is 2.46 bits per heavy atom. The van der Waals surface area contributed by atoms with Crippen molar-refractivity contribution >= 4 is 22.8 Å². The van der Waals surface area contributed by atoms with Crippen molar-refractivity contribution in [3.05, 3.63) is 88.2 Å². The highest BCUT2D eigenvalue weighted by molar-refractivity contribution is 5.88. The van der Waals surface area contributed by atoms with Crippen LogP contribution in [0, 0.1) is 0 Å². The number of ether oxygens (including phenoxy) is 1. The van der Waals surface area contributed by atoms with E-state index in [4.69, 9.17) is 15.5 Å². The number of benzene rings is 2. The van der Waals surface area contributed by atoms with Gasteiger partial charge in [0.15, 0.2) is 0 Å². The molecule has 0 aliphatic heterocycles. The van der Waals surface area contributed by atoms with Crippen LogP contribution in [-0.4, -0.2) is 39.1 Å². The monoisotopic (exact) mass is 472 g/mol. The van der Waals surface area contributed by atoms with E-state index in [1.54, 1.807) is 11.5 Å². The van der Waals surface area contributed by atoms with Crippen molar-refractivity contribution in [2.45, 2.75) is 32.9 Å². The lowest BCUT2D eigenvalue weighted by Crippen LogP contribution is -2.29. The third-order valence-electron chi connectivity index (χ3n) is 5.69. The molecule has 0 amide bonds. The van der Waals surface area contributed by atoms with Gasteiger partial charge >= 0.3 is 5.97 Å². The van der Waals surface area contributed by atoms with Crippen LogP contribution < -0.4 is 16.2 Å². The van der Waals surface area contributed by atoms with E-state index >= 15 is 0 Å². The molecule has 0 aliphatic carbocycles. The van der Waals surface area contributed by atoms with Gasteiger partial charge in [0.25, 0.3) is 5.56 Å². The van der Waals surface area contributed by atoms with Crippen LogP contribution in [-0.2, 0) is 11.3 Å². The fourth-order valence-corrected chi connectivity index (χ4v) is 3.87. The van der Waals surface area contributed by atoms with Gasteiger partial charge in [-0.2, -0.15) is 0 Å². The summed E-state index contributed by atoms with van der Waals surface area (Å²) < 4.78 is 6.58. The van der Waals surface area contributed by atoms with Crippen molar-refractivity contribution in [1.29, 1.82) is 0 Å². The fraction of sp³-hybridized carbons (Fsp3) is 0.269. The van der Waals surface area contributed by atoms with Crippen molar-refractivity contribution < 1.29 is 9.53 Å². The van der Waals surface area contributed by atoms with Crippen molar-refractivity contribution in [3.8, 4) is 5.69 Å². The number of fused-ring (bicyclic) bond motifs is 1. The molecule has 4 aromatic rings. The summed E-state index contributed by atoms with van der Waals surface area (Å²) in [7, 11) is 1.82. The second-order valence-corrected chi connectivity index (χ2v) is 8.12. The maximum Gasteiger partial charge on any atom is 0.341 e. The number of carbonyl (C=O) groups excluding carboxylic acids is 1. The van der Waals surface area contributed by atoms with Gasteiger partial charge in [-0.05, 0) is 37.1 Å². The van der Waals surface area contributed by atoms with Crippen LogP contribution in [0.25, 0.3) is 16.6 Å². The van der Waals surface area contributed by atoms with E-state index in [0.29, 0.717) is 41.3 Å². The Hall–Kier alpha value is -4.11. The first-order valence-corrected chi connectivity index (χ1v) is 11.5. The zero-order chi connectivity index (χ0) is 24.9. The Morgan fingerprint density at radius 1 is 1.09 bits per heavy atom. The lowest BCUT2D eigenvalue weighted by atomic mass is 10.1. The van der Waals surface area contributed by atoms with Gasteiger partial charge in [-0.15, -0.1) is 0 Å². The van der Waals surface area contributed by atoms with Gasteiger partial charge < -0.3 is 15.4 Å². The van der Waals surface area contributed by atoms with Crippen molar-refractivity contribution in [1.82, 2.24) is 19.5 Å². The maximum absolute atomic E-state index is 13.9. The number of esters is 1. The lowest BCUT2D eigenvalue weighted by molar-refractivity contribution is 0.0525. The summed E-state index contributed by atoms with van der Waals surface area (Å²) in [4.78, 5) is 40.9. The molecule has 0 aliphatic rings. The number of carbonyl (C=O) groups is 1. The third kappa shape index (κ3) is 4.90. The predicted molar refractivity (Wildman–Crippen MR) is 135 cm³/mol. The first-order chi connectivity index (χ1) is 16.9. The minimum Gasteiger partial charge on any atom is -0.462 e.